The van der Waals surface area contributed by atoms with Crippen molar-refractivity contribution in [2.24, 2.45) is 0 Å². The molecule has 0 saturated carbocycles. The van der Waals surface area contributed by atoms with Crippen molar-refractivity contribution in [3.05, 3.63) is 65.4 Å². The van der Waals surface area contributed by atoms with Gasteiger partial charge in [-0.1, -0.05) is 30.3 Å². The zero-order valence-corrected chi connectivity index (χ0v) is 16.0. The van der Waals surface area contributed by atoms with Crippen LogP contribution in [0.1, 0.15) is 29.9 Å². The first kappa shape index (κ1) is 19.0. The van der Waals surface area contributed by atoms with Gasteiger partial charge in [0.25, 0.3) is 0 Å². The van der Waals surface area contributed by atoms with E-state index in [2.05, 4.69) is 5.32 Å². The van der Waals surface area contributed by atoms with Crippen molar-refractivity contribution in [3.63, 3.8) is 0 Å². The number of amides is 1. The molecule has 0 saturated heterocycles. The number of fused-ring (bicyclic) bond motifs is 1. The molecule has 27 heavy (non-hydrogen) atoms. The topological polar surface area (TPSA) is 60.7 Å². The van der Waals surface area contributed by atoms with Crippen molar-refractivity contribution < 1.29 is 18.7 Å². The number of carbonyl (C=O) groups excluding carboxylic acids is 1. The molecular weight excluding hydrogens is 342 g/mol. The number of aryl methyl sites for hydroxylation is 1. The molecule has 0 spiro atoms. The Morgan fingerprint density at radius 1 is 1.19 bits per heavy atom. The summed E-state index contributed by atoms with van der Waals surface area (Å²) in [4.78, 5) is 12.2. The summed E-state index contributed by atoms with van der Waals surface area (Å²) >= 11 is 0. The maximum absolute atomic E-state index is 12.2. The minimum atomic E-state index is -0.242. The minimum absolute atomic E-state index is 0.0320. The second-order valence-electron chi connectivity index (χ2n) is 6.53. The van der Waals surface area contributed by atoms with Crippen LogP contribution in [0, 0.1) is 6.92 Å². The van der Waals surface area contributed by atoms with Crippen molar-refractivity contribution in [2.75, 3.05) is 20.3 Å². The molecule has 0 fully saturated rings. The number of furan rings is 1. The first-order valence-corrected chi connectivity index (χ1v) is 9.06. The third-order valence-corrected chi connectivity index (χ3v) is 4.56. The van der Waals surface area contributed by atoms with Crippen LogP contribution in [0.5, 0.6) is 5.75 Å². The monoisotopic (exact) mass is 367 g/mol. The molecule has 3 aromatic rings. The van der Waals surface area contributed by atoms with Crippen molar-refractivity contribution in [3.8, 4) is 5.75 Å². The SMILES string of the molecule is COc1ccc2oc(C(C)NC(=O)COCCc3ccccc3)c(C)c2c1. The molecule has 0 aliphatic heterocycles. The van der Waals surface area contributed by atoms with E-state index >= 15 is 0 Å². The summed E-state index contributed by atoms with van der Waals surface area (Å²) in [6.07, 6.45) is 0.786. The van der Waals surface area contributed by atoms with Crippen LogP contribution in [0.15, 0.2) is 52.9 Å². The predicted molar refractivity (Wildman–Crippen MR) is 105 cm³/mol. The molecule has 1 amide bonds. The molecule has 3 rings (SSSR count). The van der Waals surface area contributed by atoms with E-state index in [0.717, 1.165) is 34.5 Å². The summed E-state index contributed by atoms with van der Waals surface area (Å²) in [5.74, 6) is 1.37. The van der Waals surface area contributed by atoms with Gasteiger partial charge in [-0.05, 0) is 44.0 Å². The van der Waals surface area contributed by atoms with E-state index < -0.39 is 0 Å². The lowest BCUT2D eigenvalue weighted by atomic mass is 10.1. The van der Waals surface area contributed by atoms with Gasteiger partial charge < -0.3 is 19.2 Å². The Bertz CT molecular complexity index is 901. The Hall–Kier alpha value is -2.79. The molecule has 1 atom stereocenters. The van der Waals surface area contributed by atoms with Crippen LogP contribution >= 0.6 is 0 Å². The summed E-state index contributed by atoms with van der Waals surface area (Å²) in [6, 6.07) is 15.5. The van der Waals surface area contributed by atoms with Crippen LogP contribution in [0.25, 0.3) is 11.0 Å². The molecule has 0 radical (unpaired) electrons. The molecule has 1 heterocycles. The van der Waals surface area contributed by atoms with Gasteiger partial charge in [0.2, 0.25) is 5.91 Å². The lowest BCUT2D eigenvalue weighted by Crippen LogP contribution is -2.30. The maximum Gasteiger partial charge on any atom is 0.246 e. The number of rotatable bonds is 8. The summed E-state index contributed by atoms with van der Waals surface area (Å²) in [5, 5.41) is 3.93. The van der Waals surface area contributed by atoms with Crippen molar-refractivity contribution >= 4 is 16.9 Å². The number of carbonyl (C=O) groups is 1. The fraction of sp³-hybridized carbons (Fsp3) is 0.318. The quantitative estimate of drug-likeness (QED) is 0.607. The van der Waals surface area contributed by atoms with Gasteiger partial charge >= 0.3 is 0 Å². The predicted octanol–water partition coefficient (Wildman–Crippen LogP) is 4.19. The van der Waals surface area contributed by atoms with E-state index in [1.807, 2.05) is 62.4 Å². The Kier molecular flexibility index (Phi) is 6.14. The summed E-state index contributed by atoms with van der Waals surface area (Å²) in [6.45, 7) is 4.43. The fourth-order valence-electron chi connectivity index (χ4n) is 3.11. The molecule has 0 aliphatic rings. The van der Waals surface area contributed by atoms with E-state index in [9.17, 15) is 4.79 Å². The number of benzene rings is 2. The smallest absolute Gasteiger partial charge is 0.246 e. The molecule has 5 nitrogen and oxygen atoms in total. The zero-order valence-electron chi connectivity index (χ0n) is 16.0. The van der Waals surface area contributed by atoms with Gasteiger partial charge in [0.15, 0.2) is 0 Å². The average molecular weight is 367 g/mol. The van der Waals surface area contributed by atoms with Gasteiger partial charge in [-0.3, -0.25) is 4.79 Å². The number of hydrogen-bond donors (Lipinski definition) is 1. The number of hydrogen-bond acceptors (Lipinski definition) is 4. The second-order valence-corrected chi connectivity index (χ2v) is 6.53. The molecule has 142 valence electrons. The maximum atomic E-state index is 12.2. The van der Waals surface area contributed by atoms with Gasteiger partial charge in [0.1, 0.15) is 23.7 Å². The minimum Gasteiger partial charge on any atom is -0.497 e. The second kappa shape index (κ2) is 8.73. The highest BCUT2D eigenvalue weighted by Gasteiger charge is 2.18. The highest BCUT2D eigenvalue weighted by Crippen LogP contribution is 2.31. The highest BCUT2D eigenvalue weighted by atomic mass is 16.5. The Balaban J connectivity index is 1.53. The van der Waals surface area contributed by atoms with Crippen LogP contribution in [0.2, 0.25) is 0 Å². The summed E-state index contributed by atoms with van der Waals surface area (Å²) in [5.41, 5.74) is 2.98. The van der Waals surface area contributed by atoms with Gasteiger partial charge in [0.05, 0.1) is 19.8 Å². The number of nitrogens with one attached hydrogen (secondary N) is 1. The summed E-state index contributed by atoms with van der Waals surface area (Å²) < 4.78 is 16.7. The molecule has 5 heteroatoms. The third kappa shape index (κ3) is 4.68. The first-order chi connectivity index (χ1) is 13.1. The van der Waals surface area contributed by atoms with Gasteiger partial charge in [-0.15, -0.1) is 0 Å². The molecule has 0 bridgehead atoms. The highest BCUT2D eigenvalue weighted by molar-refractivity contribution is 5.84. The lowest BCUT2D eigenvalue weighted by Gasteiger charge is -2.13. The first-order valence-electron chi connectivity index (χ1n) is 9.06. The molecule has 1 N–H and O–H groups in total. The van der Waals surface area contributed by atoms with Crippen LogP contribution in [-0.2, 0) is 16.0 Å². The van der Waals surface area contributed by atoms with Crippen molar-refractivity contribution in [2.45, 2.75) is 26.3 Å². The average Bonchev–Trinajstić information content (AvgIpc) is 3.02. The van der Waals surface area contributed by atoms with Crippen molar-refractivity contribution in [1.82, 2.24) is 5.32 Å². The van der Waals surface area contributed by atoms with Crippen LogP contribution in [0.4, 0.5) is 0 Å². The molecule has 0 aliphatic carbocycles. The van der Waals surface area contributed by atoms with Crippen LogP contribution in [0.3, 0.4) is 0 Å². The van der Waals surface area contributed by atoms with E-state index in [1.165, 1.54) is 5.56 Å². The summed E-state index contributed by atoms with van der Waals surface area (Å²) in [7, 11) is 1.64. The largest absolute Gasteiger partial charge is 0.497 e. The Labute approximate surface area is 159 Å². The molecule has 1 unspecified atom stereocenters. The Morgan fingerprint density at radius 2 is 1.96 bits per heavy atom. The molecule has 2 aromatic carbocycles. The van der Waals surface area contributed by atoms with E-state index in [0.29, 0.717) is 6.61 Å². The third-order valence-electron chi connectivity index (χ3n) is 4.56. The standard InChI is InChI=1S/C22H25NO4/c1-15-19-13-18(25-3)9-10-20(19)27-22(15)16(2)23-21(24)14-26-12-11-17-7-5-4-6-8-17/h4-10,13,16H,11-12,14H2,1-3H3,(H,23,24). The number of ether oxygens (including phenoxy) is 2. The van der Waals surface area contributed by atoms with E-state index in [-0.39, 0.29) is 18.6 Å². The van der Waals surface area contributed by atoms with Gasteiger partial charge in [-0.2, -0.15) is 0 Å². The van der Waals surface area contributed by atoms with E-state index in [4.69, 9.17) is 13.9 Å². The number of methoxy groups -OCH3 is 1. The fourth-order valence-corrected chi connectivity index (χ4v) is 3.11. The normalized spacial score (nSPS) is 12.1. The van der Waals surface area contributed by atoms with Crippen molar-refractivity contribution in [1.29, 1.82) is 0 Å². The van der Waals surface area contributed by atoms with E-state index in [1.54, 1.807) is 7.11 Å². The van der Waals surface area contributed by atoms with Gasteiger partial charge in [0, 0.05) is 10.9 Å². The lowest BCUT2D eigenvalue weighted by molar-refractivity contribution is -0.126. The van der Waals surface area contributed by atoms with Gasteiger partial charge in [-0.25, -0.2) is 0 Å². The molecule has 1 aromatic heterocycles. The zero-order chi connectivity index (χ0) is 19.2. The molecular formula is C22H25NO4. The Morgan fingerprint density at radius 3 is 2.70 bits per heavy atom. The van der Waals surface area contributed by atoms with Crippen LogP contribution in [-0.4, -0.2) is 26.2 Å². The van der Waals surface area contributed by atoms with Crippen LogP contribution < -0.4 is 10.1 Å².